The van der Waals surface area contributed by atoms with E-state index in [1.54, 1.807) is 0 Å². The summed E-state index contributed by atoms with van der Waals surface area (Å²) in [5, 5.41) is 1.19. The number of fused-ring (bicyclic) bond motifs is 1. The molecule has 1 aliphatic rings. The van der Waals surface area contributed by atoms with Crippen molar-refractivity contribution < 1.29 is 0 Å². The summed E-state index contributed by atoms with van der Waals surface area (Å²) in [7, 11) is 2.19. The fraction of sp³-hybridized carbons (Fsp3) is 0.471. The lowest BCUT2D eigenvalue weighted by Gasteiger charge is -2.42. The summed E-state index contributed by atoms with van der Waals surface area (Å²) >= 11 is 0. The second-order valence-electron chi connectivity index (χ2n) is 6.02. The van der Waals surface area contributed by atoms with Gasteiger partial charge in [0, 0.05) is 49.8 Å². The van der Waals surface area contributed by atoms with Crippen molar-refractivity contribution in [3.8, 4) is 0 Å². The van der Waals surface area contributed by atoms with Gasteiger partial charge in [-0.25, -0.2) is 0 Å². The molecule has 4 heteroatoms. The Balaban J connectivity index is 1.98. The highest BCUT2D eigenvalue weighted by molar-refractivity contribution is 5.82. The molecule has 0 spiro atoms. The molecule has 1 aromatic heterocycles. The average molecular weight is 284 g/mol. The van der Waals surface area contributed by atoms with Gasteiger partial charge in [0.1, 0.15) is 0 Å². The minimum Gasteiger partial charge on any atom is -0.329 e. The van der Waals surface area contributed by atoms with Crippen LogP contribution in [0.4, 0.5) is 0 Å². The van der Waals surface area contributed by atoms with Crippen LogP contribution in [0, 0.1) is 0 Å². The zero-order valence-corrected chi connectivity index (χ0v) is 12.9. The SMILES string of the molecule is CC1CN(C)CCN1C(CN)c1cccc2cccnc12. The molecule has 0 radical (unpaired) electrons. The maximum Gasteiger partial charge on any atom is 0.0750 e. The van der Waals surface area contributed by atoms with E-state index in [0.29, 0.717) is 12.6 Å². The molecule has 2 N–H and O–H groups in total. The third-order valence-corrected chi connectivity index (χ3v) is 4.53. The lowest BCUT2D eigenvalue weighted by molar-refractivity contribution is 0.0640. The molecule has 0 amide bonds. The van der Waals surface area contributed by atoms with E-state index in [2.05, 4.69) is 53.0 Å². The predicted octanol–water partition coefficient (Wildman–Crippen LogP) is 1.87. The first-order chi connectivity index (χ1) is 10.2. The third kappa shape index (κ3) is 2.79. The monoisotopic (exact) mass is 284 g/mol. The standard InChI is InChI=1S/C17H24N4/c1-13-12-20(2)9-10-21(13)16(11-18)15-7-3-5-14-6-4-8-19-17(14)15/h3-8,13,16H,9-12,18H2,1-2H3. The van der Waals surface area contributed by atoms with Gasteiger partial charge in [-0.15, -0.1) is 0 Å². The van der Waals surface area contributed by atoms with E-state index in [1.807, 2.05) is 12.3 Å². The van der Waals surface area contributed by atoms with E-state index < -0.39 is 0 Å². The minimum atomic E-state index is 0.243. The predicted molar refractivity (Wildman–Crippen MR) is 87.2 cm³/mol. The van der Waals surface area contributed by atoms with Crippen molar-refractivity contribution >= 4 is 10.9 Å². The van der Waals surface area contributed by atoms with E-state index in [4.69, 9.17) is 5.73 Å². The largest absolute Gasteiger partial charge is 0.329 e. The molecule has 0 saturated carbocycles. The number of nitrogens with two attached hydrogens (primary N) is 1. The molecule has 2 heterocycles. The van der Waals surface area contributed by atoms with Crippen LogP contribution in [0.1, 0.15) is 18.5 Å². The van der Waals surface area contributed by atoms with E-state index in [9.17, 15) is 0 Å². The number of pyridine rings is 1. The summed E-state index contributed by atoms with van der Waals surface area (Å²) in [5.74, 6) is 0. The van der Waals surface area contributed by atoms with Gasteiger partial charge in [0.05, 0.1) is 5.52 Å². The summed E-state index contributed by atoms with van der Waals surface area (Å²) in [6, 6.07) is 11.3. The Labute approximate surface area is 126 Å². The number of aromatic nitrogens is 1. The van der Waals surface area contributed by atoms with E-state index >= 15 is 0 Å². The normalized spacial score (nSPS) is 22.5. The highest BCUT2D eigenvalue weighted by Gasteiger charge is 2.29. The minimum absolute atomic E-state index is 0.243. The zero-order valence-electron chi connectivity index (χ0n) is 12.9. The molecular formula is C17H24N4. The summed E-state index contributed by atoms with van der Waals surface area (Å²) in [6.07, 6.45) is 1.87. The van der Waals surface area contributed by atoms with Crippen LogP contribution in [0.15, 0.2) is 36.5 Å². The smallest absolute Gasteiger partial charge is 0.0750 e. The molecular weight excluding hydrogens is 260 g/mol. The van der Waals surface area contributed by atoms with Gasteiger partial charge in [0.15, 0.2) is 0 Å². The van der Waals surface area contributed by atoms with Crippen molar-refractivity contribution in [1.29, 1.82) is 0 Å². The molecule has 3 rings (SSSR count). The summed E-state index contributed by atoms with van der Waals surface area (Å²) in [6.45, 7) is 6.16. The molecule has 2 unspecified atom stereocenters. The Morgan fingerprint density at radius 3 is 2.86 bits per heavy atom. The number of nitrogens with zero attached hydrogens (tertiary/aromatic N) is 3. The van der Waals surface area contributed by atoms with Crippen molar-refractivity contribution in [2.75, 3.05) is 33.2 Å². The van der Waals surface area contributed by atoms with Gasteiger partial charge >= 0.3 is 0 Å². The first kappa shape index (κ1) is 14.4. The Hall–Kier alpha value is -1.49. The van der Waals surface area contributed by atoms with Crippen LogP contribution in [0.2, 0.25) is 0 Å². The molecule has 112 valence electrons. The van der Waals surface area contributed by atoms with Gasteiger partial charge in [-0.1, -0.05) is 24.3 Å². The maximum atomic E-state index is 6.14. The summed E-state index contributed by atoms with van der Waals surface area (Å²) in [4.78, 5) is 9.51. The van der Waals surface area contributed by atoms with Crippen LogP contribution >= 0.6 is 0 Å². The van der Waals surface area contributed by atoms with Crippen molar-refractivity contribution in [3.63, 3.8) is 0 Å². The molecule has 2 aromatic rings. The van der Waals surface area contributed by atoms with Crippen molar-refractivity contribution in [3.05, 3.63) is 42.1 Å². The van der Waals surface area contributed by atoms with Crippen LogP contribution in [-0.4, -0.2) is 54.1 Å². The van der Waals surface area contributed by atoms with E-state index in [0.717, 1.165) is 25.2 Å². The van der Waals surface area contributed by atoms with Crippen LogP contribution in [0.5, 0.6) is 0 Å². The molecule has 0 bridgehead atoms. The third-order valence-electron chi connectivity index (χ3n) is 4.53. The van der Waals surface area contributed by atoms with Crippen LogP contribution in [-0.2, 0) is 0 Å². The Kier molecular flexibility index (Phi) is 4.19. The zero-order chi connectivity index (χ0) is 14.8. The van der Waals surface area contributed by atoms with Gasteiger partial charge < -0.3 is 10.6 Å². The summed E-state index contributed by atoms with van der Waals surface area (Å²) in [5.41, 5.74) is 8.48. The lowest BCUT2D eigenvalue weighted by Crippen LogP contribution is -2.52. The number of rotatable bonds is 3. The Bertz CT molecular complexity index is 607. The molecule has 1 fully saturated rings. The Morgan fingerprint density at radius 1 is 1.29 bits per heavy atom. The molecule has 0 aliphatic carbocycles. The van der Waals surface area contributed by atoms with Gasteiger partial charge in [0.25, 0.3) is 0 Å². The lowest BCUT2D eigenvalue weighted by atomic mass is 9.99. The second kappa shape index (κ2) is 6.10. The van der Waals surface area contributed by atoms with Crippen molar-refractivity contribution in [1.82, 2.24) is 14.8 Å². The van der Waals surface area contributed by atoms with Crippen LogP contribution in [0.3, 0.4) is 0 Å². The number of likely N-dealkylation sites (N-methyl/N-ethyl adjacent to an activating group) is 1. The second-order valence-corrected chi connectivity index (χ2v) is 6.02. The highest BCUT2D eigenvalue weighted by Crippen LogP contribution is 2.29. The first-order valence-electron chi connectivity index (χ1n) is 7.68. The number of benzene rings is 1. The van der Waals surface area contributed by atoms with E-state index in [-0.39, 0.29) is 6.04 Å². The quantitative estimate of drug-likeness (QED) is 0.934. The molecule has 21 heavy (non-hydrogen) atoms. The van der Waals surface area contributed by atoms with Gasteiger partial charge in [-0.2, -0.15) is 0 Å². The highest BCUT2D eigenvalue weighted by atomic mass is 15.3. The number of hydrogen-bond acceptors (Lipinski definition) is 4. The van der Waals surface area contributed by atoms with Crippen molar-refractivity contribution in [2.24, 2.45) is 5.73 Å². The molecule has 4 nitrogen and oxygen atoms in total. The number of para-hydroxylation sites is 1. The fourth-order valence-electron chi connectivity index (χ4n) is 3.45. The Morgan fingerprint density at radius 2 is 2.10 bits per heavy atom. The van der Waals surface area contributed by atoms with Gasteiger partial charge in [-0.3, -0.25) is 9.88 Å². The molecule has 1 aromatic carbocycles. The molecule has 2 atom stereocenters. The summed E-state index contributed by atoms with van der Waals surface area (Å²) < 4.78 is 0. The van der Waals surface area contributed by atoms with Crippen molar-refractivity contribution in [2.45, 2.75) is 19.0 Å². The fourth-order valence-corrected chi connectivity index (χ4v) is 3.45. The number of piperazine rings is 1. The van der Waals surface area contributed by atoms with E-state index in [1.165, 1.54) is 10.9 Å². The molecule has 1 saturated heterocycles. The first-order valence-corrected chi connectivity index (χ1v) is 7.68. The maximum absolute atomic E-state index is 6.14. The molecule has 1 aliphatic heterocycles. The van der Waals surface area contributed by atoms with Gasteiger partial charge in [-0.05, 0) is 25.6 Å². The topological polar surface area (TPSA) is 45.4 Å². The van der Waals surface area contributed by atoms with Gasteiger partial charge in [0.2, 0.25) is 0 Å². The average Bonchev–Trinajstić information content (AvgIpc) is 2.50. The van der Waals surface area contributed by atoms with Crippen LogP contribution < -0.4 is 5.73 Å². The van der Waals surface area contributed by atoms with Crippen LogP contribution in [0.25, 0.3) is 10.9 Å². The number of hydrogen-bond donors (Lipinski definition) is 1.